The number of carboxylic acid groups (broad SMARTS) is 1. The van der Waals surface area contributed by atoms with Crippen LogP contribution < -0.4 is 0 Å². The van der Waals surface area contributed by atoms with Crippen LogP contribution >= 0.6 is 0 Å². The maximum absolute atomic E-state index is 12.1. The Morgan fingerprint density at radius 1 is 1.12 bits per heavy atom. The van der Waals surface area contributed by atoms with Crippen molar-refractivity contribution in [2.24, 2.45) is 5.92 Å². The Balaban J connectivity index is 1.93. The highest BCUT2D eigenvalue weighted by molar-refractivity contribution is 5.94. The predicted molar refractivity (Wildman–Crippen MR) is 89.9 cm³/mol. The summed E-state index contributed by atoms with van der Waals surface area (Å²) in [4.78, 5) is 33.3. The number of nitrogens with zero attached hydrogens (tertiary/aromatic N) is 3. The largest absolute Gasteiger partial charge is 0.481 e. The van der Waals surface area contributed by atoms with Crippen LogP contribution in [0, 0.1) is 5.92 Å². The van der Waals surface area contributed by atoms with Crippen molar-refractivity contribution in [3.63, 3.8) is 0 Å². The number of aromatic nitrogens is 2. The number of aliphatic carboxylic acids is 1. The highest BCUT2D eigenvalue weighted by Crippen LogP contribution is 2.35. The molecule has 0 spiro atoms. The molecule has 1 amide bonds. The fourth-order valence-corrected chi connectivity index (χ4v) is 2.92. The Bertz CT molecular complexity index is 806. The molecule has 7 nitrogen and oxygen atoms in total. The summed E-state index contributed by atoms with van der Waals surface area (Å²) >= 11 is 0. The monoisotopic (exact) mass is 341 g/mol. The molecule has 7 heteroatoms. The van der Waals surface area contributed by atoms with Gasteiger partial charge in [0.05, 0.1) is 17.6 Å². The van der Waals surface area contributed by atoms with Crippen LogP contribution in [0.5, 0.6) is 0 Å². The van der Waals surface area contributed by atoms with Crippen molar-refractivity contribution >= 4 is 11.9 Å². The van der Waals surface area contributed by atoms with E-state index >= 15 is 0 Å². The van der Waals surface area contributed by atoms with Gasteiger partial charge in [-0.2, -0.15) is 0 Å². The molecule has 0 bridgehead atoms. The number of amides is 1. The molecule has 0 aromatic carbocycles. The van der Waals surface area contributed by atoms with E-state index in [2.05, 4.69) is 9.97 Å². The number of hydrogen-bond donors (Lipinski definition) is 1. The summed E-state index contributed by atoms with van der Waals surface area (Å²) in [6, 6.07) is 3.60. The Kier molecular flexibility index (Phi) is 4.76. The first-order chi connectivity index (χ1) is 12.0. The van der Waals surface area contributed by atoms with Gasteiger partial charge >= 0.3 is 5.97 Å². The lowest BCUT2D eigenvalue weighted by atomic mass is 9.95. The number of carboxylic acids is 1. The van der Waals surface area contributed by atoms with Gasteiger partial charge in [0, 0.05) is 62.2 Å². The summed E-state index contributed by atoms with van der Waals surface area (Å²) in [5.41, 5.74) is 2.70. The third-order valence-electron chi connectivity index (χ3n) is 4.22. The third-order valence-corrected chi connectivity index (χ3v) is 4.22. The topological polar surface area (TPSA) is 92.6 Å². The number of carbonyl (C=O) groups is 2. The van der Waals surface area contributed by atoms with E-state index in [0.717, 1.165) is 11.1 Å². The number of rotatable bonds is 4. The molecule has 2 aromatic heterocycles. The summed E-state index contributed by atoms with van der Waals surface area (Å²) in [6.07, 6.45) is 6.43. The Morgan fingerprint density at radius 2 is 1.80 bits per heavy atom. The van der Waals surface area contributed by atoms with Gasteiger partial charge in [-0.05, 0) is 18.6 Å². The minimum Gasteiger partial charge on any atom is -0.481 e. The van der Waals surface area contributed by atoms with Gasteiger partial charge in [-0.1, -0.05) is 0 Å². The van der Waals surface area contributed by atoms with Gasteiger partial charge in [-0.3, -0.25) is 19.6 Å². The molecule has 2 atom stereocenters. The molecular weight excluding hydrogens is 322 g/mol. The molecule has 1 fully saturated rings. The SMILES string of the molecule is CN(C)C(=O)c1cncc(-c2cncc([C@@H]3OCC[C@H]3C(=O)O)c2)c1. The van der Waals surface area contributed by atoms with Crippen LogP contribution in [0.1, 0.15) is 28.4 Å². The highest BCUT2D eigenvalue weighted by Gasteiger charge is 2.35. The molecule has 2 aromatic rings. The first kappa shape index (κ1) is 17.0. The van der Waals surface area contributed by atoms with E-state index < -0.39 is 18.0 Å². The van der Waals surface area contributed by atoms with Gasteiger partial charge in [0.15, 0.2) is 0 Å². The molecule has 130 valence electrons. The fourth-order valence-electron chi connectivity index (χ4n) is 2.92. The molecule has 1 N–H and O–H groups in total. The smallest absolute Gasteiger partial charge is 0.309 e. The molecule has 0 unspecified atom stereocenters. The van der Waals surface area contributed by atoms with Crippen molar-refractivity contribution in [2.75, 3.05) is 20.7 Å². The second-order valence-electron chi connectivity index (χ2n) is 6.19. The van der Waals surface area contributed by atoms with Gasteiger partial charge < -0.3 is 14.7 Å². The minimum atomic E-state index is -0.867. The number of hydrogen-bond acceptors (Lipinski definition) is 5. The van der Waals surface area contributed by atoms with Crippen LogP contribution in [0.25, 0.3) is 11.1 Å². The van der Waals surface area contributed by atoms with Crippen molar-refractivity contribution in [3.05, 3.63) is 48.0 Å². The summed E-state index contributed by atoms with van der Waals surface area (Å²) in [7, 11) is 3.36. The summed E-state index contributed by atoms with van der Waals surface area (Å²) in [6.45, 7) is 0.417. The predicted octanol–water partition coefficient (Wildman–Crippen LogP) is 2.01. The number of pyridine rings is 2. The molecule has 1 saturated heterocycles. The molecule has 3 heterocycles. The molecule has 1 aliphatic rings. The fraction of sp³-hybridized carbons (Fsp3) is 0.333. The molecule has 0 radical (unpaired) electrons. The van der Waals surface area contributed by atoms with Gasteiger partial charge in [0.25, 0.3) is 5.91 Å². The van der Waals surface area contributed by atoms with Crippen LogP contribution in [0.3, 0.4) is 0 Å². The zero-order valence-electron chi connectivity index (χ0n) is 14.0. The summed E-state index contributed by atoms with van der Waals surface area (Å²) in [5.74, 6) is -1.58. The van der Waals surface area contributed by atoms with Crippen LogP contribution in [0.15, 0.2) is 36.9 Å². The third kappa shape index (κ3) is 3.51. The maximum atomic E-state index is 12.1. The van der Waals surface area contributed by atoms with E-state index in [0.29, 0.717) is 24.2 Å². The van der Waals surface area contributed by atoms with Crippen molar-refractivity contribution in [3.8, 4) is 11.1 Å². The van der Waals surface area contributed by atoms with Gasteiger partial charge in [0.1, 0.15) is 0 Å². The van der Waals surface area contributed by atoms with Crippen LogP contribution in [0.4, 0.5) is 0 Å². The van der Waals surface area contributed by atoms with E-state index in [1.165, 1.54) is 11.1 Å². The lowest BCUT2D eigenvalue weighted by Gasteiger charge is -2.16. The molecule has 0 aliphatic carbocycles. The lowest BCUT2D eigenvalue weighted by Crippen LogP contribution is -2.21. The molecule has 25 heavy (non-hydrogen) atoms. The number of ether oxygens (including phenoxy) is 1. The zero-order chi connectivity index (χ0) is 18.0. The first-order valence-electron chi connectivity index (χ1n) is 7.94. The standard InChI is InChI=1S/C18H19N3O4/c1-21(2)17(22)14-6-12(8-20-10-14)11-5-13(9-19-7-11)16-15(18(23)24)3-4-25-16/h5-10,15-16H,3-4H2,1-2H3,(H,23,24)/t15-,16+/m1/s1. The zero-order valence-corrected chi connectivity index (χ0v) is 14.0. The summed E-state index contributed by atoms with van der Waals surface area (Å²) < 4.78 is 5.60. The maximum Gasteiger partial charge on any atom is 0.309 e. The molecule has 3 rings (SSSR count). The van der Waals surface area contributed by atoms with Gasteiger partial charge in [-0.25, -0.2) is 0 Å². The normalized spacial score (nSPS) is 19.6. The average Bonchev–Trinajstić information content (AvgIpc) is 3.11. The molecular formula is C18H19N3O4. The van der Waals surface area contributed by atoms with Crippen LogP contribution in [0.2, 0.25) is 0 Å². The Morgan fingerprint density at radius 3 is 2.48 bits per heavy atom. The van der Waals surface area contributed by atoms with Gasteiger partial charge in [-0.15, -0.1) is 0 Å². The van der Waals surface area contributed by atoms with Crippen LogP contribution in [-0.4, -0.2) is 52.6 Å². The molecule has 1 aliphatic heterocycles. The minimum absolute atomic E-state index is 0.136. The lowest BCUT2D eigenvalue weighted by molar-refractivity contribution is -0.143. The van der Waals surface area contributed by atoms with E-state index in [1.54, 1.807) is 38.8 Å². The van der Waals surface area contributed by atoms with Gasteiger partial charge in [0.2, 0.25) is 0 Å². The van der Waals surface area contributed by atoms with Crippen LogP contribution in [-0.2, 0) is 9.53 Å². The van der Waals surface area contributed by atoms with Crippen molar-refractivity contribution in [1.29, 1.82) is 0 Å². The highest BCUT2D eigenvalue weighted by atomic mass is 16.5. The van der Waals surface area contributed by atoms with E-state index in [4.69, 9.17) is 4.74 Å². The van der Waals surface area contributed by atoms with Crippen molar-refractivity contribution < 1.29 is 19.4 Å². The second kappa shape index (κ2) is 6.98. The number of carbonyl (C=O) groups excluding carboxylic acids is 1. The quantitative estimate of drug-likeness (QED) is 0.914. The van der Waals surface area contributed by atoms with E-state index in [1.807, 2.05) is 6.07 Å². The Hall–Kier alpha value is -2.80. The molecule has 0 saturated carbocycles. The first-order valence-corrected chi connectivity index (χ1v) is 7.94. The van der Waals surface area contributed by atoms with Crippen molar-refractivity contribution in [2.45, 2.75) is 12.5 Å². The van der Waals surface area contributed by atoms with E-state index in [-0.39, 0.29) is 5.91 Å². The second-order valence-corrected chi connectivity index (χ2v) is 6.19. The average molecular weight is 341 g/mol. The Labute approximate surface area is 145 Å². The van der Waals surface area contributed by atoms with E-state index in [9.17, 15) is 14.7 Å². The van der Waals surface area contributed by atoms with Crippen molar-refractivity contribution in [1.82, 2.24) is 14.9 Å². The summed E-state index contributed by atoms with van der Waals surface area (Å²) in [5, 5.41) is 9.33.